The average molecular weight is 399 g/mol. The van der Waals surface area contributed by atoms with Crippen LogP contribution in [0.2, 0.25) is 5.02 Å². The second-order valence-electron chi connectivity index (χ2n) is 5.87. The first-order valence-electron chi connectivity index (χ1n) is 8.60. The van der Waals surface area contributed by atoms with Gasteiger partial charge in [0.2, 0.25) is 0 Å². The lowest BCUT2D eigenvalue weighted by molar-refractivity contribution is 0.102. The van der Waals surface area contributed by atoms with Crippen LogP contribution >= 0.6 is 11.6 Å². The summed E-state index contributed by atoms with van der Waals surface area (Å²) in [6.07, 6.45) is 1.61. The van der Waals surface area contributed by atoms with Gasteiger partial charge in [0, 0.05) is 23.5 Å². The number of hydrogen-bond acceptors (Lipinski definition) is 4. The fourth-order valence-corrected chi connectivity index (χ4v) is 2.77. The number of ether oxygens (including phenoxy) is 1. The predicted octanol–water partition coefficient (Wildman–Crippen LogP) is 4.07. The summed E-state index contributed by atoms with van der Waals surface area (Å²) in [5.41, 5.74) is 1.29. The SMILES string of the molecule is CCn1cc(NC(=O)c2cc(Cl)ccc2OC)c(C(=O)Nc2ccccc2)n1. The molecule has 0 aliphatic carbocycles. The van der Waals surface area contributed by atoms with Gasteiger partial charge >= 0.3 is 0 Å². The number of hydrogen-bond donors (Lipinski definition) is 2. The van der Waals surface area contributed by atoms with E-state index in [1.54, 1.807) is 35.1 Å². The van der Waals surface area contributed by atoms with Crippen LogP contribution in [-0.2, 0) is 6.54 Å². The number of benzene rings is 2. The Hall–Kier alpha value is -3.32. The van der Waals surface area contributed by atoms with E-state index >= 15 is 0 Å². The highest BCUT2D eigenvalue weighted by Gasteiger charge is 2.21. The van der Waals surface area contributed by atoms with Crippen molar-refractivity contribution in [2.45, 2.75) is 13.5 Å². The van der Waals surface area contributed by atoms with Gasteiger partial charge in [-0.1, -0.05) is 29.8 Å². The van der Waals surface area contributed by atoms with Crippen LogP contribution in [-0.4, -0.2) is 28.7 Å². The van der Waals surface area contributed by atoms with Gasteiger partial charge in [-0.25, -0.2) is 0 Å². The summed E-state index contributed by atoms with van der Waals surface area (Å²) in [4.78, 5) is 25.4. The van der Waals surface area contributed by atoms with E-state index in [1.807, 2.05) is 25.1 Å². The summed E-state index contributed by atoms with van der Waals surface area (Å²) in [6.45, 7) is 2.43. The molecule has 0 bridgehead atoms. The van der Waals surface area contributed by atoms with Gasteiger partial charge in [0.1, 0.15) is 5.75 Å². The van der Waals surface area contributed by atoms with E-state index in [1.165, 1.54) is 13.2 Å². The first-order valence-corrected chi connectivity index (χ1v) is 8.98. The van der Waals surface area contributed by atoms with Crippen molar-refractivity contribution in [1.29, 1.82) is 0 Å². The highest BCUT2D eigenvalue weighted by atomic mass is 35.5. The molecule has 3 rings (SSSR count). The molecule has 0 fully saturated rings. The van der Waals surface area contributed by atoms with E-state index in [0.29, 0.717) is 28.7 Å². The molecule has 0 aliphatic heterocycles. The number of aryl methyl sites for hydroxylation is 1. The maximum atomic E-state index is 12.8. The quantitative estimate of drug-likeness (QED) is 0.655. The van der Waals surface area contributed by atoms with E-state index in [4.69, 9.17) is 16.3 Å². The maximum absolute atomic E-state index is 12.8. The van der Waals surface area contributed by atoms with Crippen molar-refractivity contribution in [3.05, 3.63) is 71.0 Å². The topological polar surface area (TPSA) is 85.2 Å². The summed E-state index contributed by atoms with van der Waals surface area (Å²) < 4.78 is 6.80. The van der Waals surface area contributed by atoms with Crippen molar-refractivity contribution < 1.29 is 14.3 Å². The summed E-state index contributed by atoms with van der Waals surface area (Å²) in [7, 11) is 1.47. The first kappa shape index (κ1) is 19.4. The van der Waals surface area contributed by atoms with Crippen molar-refractivity contribution in [2.75, 3.05) is 17.7 Å². The number of nitrogens with zero attached hydrogens (tertiary/aromatic N) is 2. The number of halogens is 1. The van der Waals surface area contributed by atoms with E-state index in [9.17, 15) is 9.59 Å². The van der Waals surface area contributed by atoms with Crippen molar-refractivity contribution in [3.63, 3.8) is 0 Å². The van der Waals surface area contributed by atoms with Gasteiger partial charge in [0.25, 0.3) is 11.8 Å². The van der Waals surface area contributed by atoms with Crippen molar-refractivity contribution in [3.8, 4) is 5.75 Å². The zero-order chi connectivity index (χ0) is 20.1. The monoisotopic (exact) mass is 398 g/mol. The first-order chi connectivity index (χ1) is 13.5. The van der Waals surface area contributed by atoms with Crippen LogP contribution in [0.1, 0.15) is 27.8 Å². The van der Waals surface area contributed by atoms with E-state index in [0.717, 1.165) is 0 Å². The van der Waals surface area contributed by atoms with Crippen LogP contribution in [0.4, 0.5) is 11.4 Å². The predicted molar refractivity (Wildman–Crippen MR) is 108 cm³/mol. The number of nitrogens with one attached hydrogen (secondary N) is 2. The van der Waals surface area contributed by atoms with E-state index in [-0.39, 0.29) is 11.3 Å². The fraction of sp³-hybridized carbons (Fsp3) is 0.150. The number of carbonyl (C=O) groups excluding carboxylic acids is 2. The summed E-state index contributed by atoms with van der Waals surface area (Å²) in [5, 5.41) is 10.2. The standard InChI is InChI=1S/C20H19ClN4O3/c1-3-25-12-16(18(24-25)20(27)22-14-7-5-4-6-8-14)23-19(26)15-11-13(21)9-10-17(15)28-2/h4-12H,3H2,1-2H3,(H,22,27)(H,23,26). The van der Waals surface area contributed by atoms with Gasteiger partial charge in [-0.15, -0.1) is 0 Å². The van der Waals surface area contributed by atoms with Gasteiger partial charge in [0.15, 0.2) is 5.69 Å². The van der Waals surface area contributed by atoms with Crippen molar-refractivity contribution in [1.82, 2.24) is 9.78 Å². The van der Waals surface area contributed by atoms with Gasteiger partial charge in [-0.05, 0) is 37.3 Å². The summed E-state index contributed by atoms with van der Waals surface area (Å²) in [6, 6.07) is 13.8. The molecule has 0 unspecified atom stereocenters. The van der Waals surface area contributed by atoms with E-state index < -0.39 is 11.8 Å². The number of anilines is 2. The molecule has 8 heteroatoms. The molecule has 0 spiro atoms. The summed E-state index contributed by atoms with van der Waals surface area (Å²) >= 11 is 6.00. The Morgan fingerprint density at radius 3 is 2.54 bits per heavy atom. The average Bonchev–Trinajstić information content (AvgIpc) is 3.11. The molecule has 0 aliphatic rings. The Balaban J connectivity index is 1.88. The molecular formula is C20H19ClN4O3. The van der Waals surface area contributed by atoms with Gasteiger partial charge in [0.05, 0.1) is 18.4 Å². The van der Waals surface area contributed by atoms with Gasteiger partial charge < -0.3 is 15.4 Å². The van der Waals surface area contributed by atoms with Crippen LogP contribution in [0.3, 0.4) is 0 Å². The van der Waals surface area contributed by atoms with E-state index in [2.05, 4.69) is 15.7 Å². The Morgan fingerprint density at radius 1 is 1.11 bits per heavy atom. The third kappa shape index (κ3) is 4.32. The Morgan fingerprint density at radius 2 is 1.86 bits per heavy atom. The third-order valence-corrected chi connectivity index (χ3v) is 4.22. The minimum absolute atomic E-state index is 0.111. The van der Waals surface area contributed by atoms with Crippen LogP contribution in [0, 0.1) is 0 Å². The second kappa shape index (κ2) is 8.58. The largest absolute Gasteiger partial charge is 0.496 e. The molecule has 7 nitrogen and oxygen atoms in total. The van der Waals surface area contributed by atoms with Gasteiger partial charge in [-0.2, -0.15) is 5.10 Å². The molecule has 2 aromatic carbocycles. The molecule has 2 N–H and O–H groups in total. The van der Waals surface area contributed by atoms with Crippen LogP contribution in [0.15, 0.2) is 54.7 Å². The number of aromatic nitrogens is 2. The Bertz CT molecular complexity index is 1000. The Labute approximate surface area is 167 Å². The molecule has 1 aromatic heterocycles. The minimum Gasteiger partial charge on any atom is -0.496 e. The van der Waals surface area contributed by atoms with Crippen LogP contribution < -0.4 is 15.4 Å². The Kier molecular flexibility index (Phi) is 5.96. The molecule has 0 saturated heterocycles. The molecule has 28 heavy (non-hydrogen) atoms. The lowest BCUT2D eigenvalue weighted by atomic mass is 10.2. The van der Waals surface area contributed by atoms with Crippen LogP contribution in [0.5, 0.6) is 5.75 Å². The smallest absolute Gasteiger partial charge is 0.278 e. The number of amides is 2. The molecule has 2 amide bonds. The number of rotatable bonds is 6. The van der Waals surface area contributed by atoms with Gasteiger partial charge in [-0.3, -0.25) is 14.3 Å². The third-order valence-electron chi connectivity index (χ3n) is 3.99. The maximum Gasteiger partial charge on any atom is 0.278 e. The zero-order valence-corrected chi connectivity index (χ0v) is 16.2. The highest BCUT2D eigenvalue weighted by molar-refractivity contribution is 6.31. The molecule has 0 atom stereocenters. The van der Waals surface area contributed by atoms with Crippen molar-refractivity contribution in [2.24, 2.45) is 0 Å². The zero-order valence-electron chi connectivity index (χ0n) is 15.4. The lowest BCUT2D eigenvalue weighted by Gasteiger charge is -2.10. The van der Waals surface area contributed by atoms with Crippen LogP contribution in [0.25, 0.3) is 0 Å². The van der Waals surface area contributed by atoms with Crippen molar-refractivity contribution >= 4 is 34.8 Å². The molecule has 0 saturated carbocycles. The molecule has 3 aromatic rings. The number of para-hydroxylation sites is 1. The number of carbonyl (C=O) groups is 2. The minimum atomic E-state index is -0.455. The normalized spacial score (nSPS) is 10.4. The molecule has 1 heterocycles. The fourth-order valence-electron chi connectivity index (χ4n) is 2.60. The molecule has 144 valence electrons. The summed E-state index contributed by atoms with van der Waals surface area (Å²) in [5.74, 6) is -0.504. The lowest BCUT2D eigenvalue weighted by Crippen LogP contribution is -2.18. The highest BCUT2D eigenvalue weighted by Crippen LogP contribution is 2.25. The number of methoxy groups -OCH3 is 1. The molecule has 0 radical (unpaired) electrons. The molecular weight excluding hydrogens is 380 g/mol. The second-order valence-corrected chi connectivity index (χ2v) is 6.30.